The molecule has 0 aliphatic carbocycles. The van der Waals surface area contributed by atoms with Crippen molar-refractivity contribution in [2.75, 3.05) is 11.9 Å². The summed E-state index contributed by atoms with van der Waals surface area (Å²) in [5, 5.41) is 11.6. The van der Waals surface area contributed by atoms with Gasteiger partial charge in [-0.3, -0.25) is 0 Å². The van der Waals surface area contributed by atoms with E-state index in [1.54, 1.807) is 6.07 Å². The number of rotatable bonds is 4. The second-order valence-corrected chi connectivity index (χ2v) is 3.39. The first-order valence-electron chi connectivity index (χ1n) is 4.86. The van der Waals surface area contributed by atoms with Crippen LogP contribution in [0, 0.1) is 17.1 Å². The molecule has 1 aromatic carbocycles. The molecule has 0 spiro atoms. The molecule has 3 N–H and O–H groups in total. The van der Waals surface area contributed by atoms with Crippen LogP contribution in [0.2, 0.25) is 0 Å². The third-order valence-corrected chi connectivity index (χ3v) is 2.12. The molecule has 15 heavy (non-hydrogen) atoms. The molecule has 80 valence electrons. The standard InChI is InChI=1S/C11H14FN3/c1-2-10(14)7-15-11-4-8(6-13)3-9(12)5-11/h3-5,10,15H,2,7,14H2,1H3. The molecule has 0 amide bonds. The van der Waals surface area contributed by atoms with E-state index in [2.05, 4.69) is 5.32 Å². The molecule has 1 rings (SSSR count). The molecule has 3 nitrogen and oxygen atoms in total. The van der Waals surface area contributed by atoms with E-state index in [1.165, 1.54) is 12.1 Å². The van der Waals surface area contributed by atoms with Crippen LogP contribution in [0.5, 0.6) is 0 Å². The fourth-order valence-electron chi connectivity index (χ4n) is 1.15. The molecule has 0 saturated heterocycles. The predicted molar refractivity (Wildman–Crippen MR) is 57.9 cm³/mol. The zero-order valence-electron chi connectivity index (χ0n) is 8.63. The summed E-state index contributed by atoms with van der Waals surface area (Å²) in [6, 6.07) is 6.09. The van der Waals surface area contributed by atoms with Crippen molar-refractivity contribution in [3.05, 3.63) is 29.6 Å². The lowest BCUT2D eigenvalue weighted by Gasteiger charge is -2.11. The topological polar surface area (TPSA) is 61.8 Å². The molecule has 0 saturated carbocycles. The van der Waals surface area contributed by atoms with E-state index in [9.17, 15) is 4.39 Å². The number of halogens is 1. The van der Waals surface area contributed by atoms with Crippen molar-refractivity contribution in [3.63, 3.8) is 0 Å². The molecule has 1 unspecified atom stereocenters. The summed E-state index contributed by atoms with van der Waals surface area (Å²) in [7, 11) is 0. The van der Waals surface area contributed by atoms with Crippen molar-refractivity contribution in [2.24, 2.45) is 5.73 Å². The van der Waals surface area contributed by atoms with Crippen molar-refractivity contribution in [2.45, 2.75) is 19.4 Å². The lowest BCUT2D eigenvalue weighted by atomic mass is 10.2. The minimum atomic E-state index is -0.415. The van der Waals surface area contributed by atoms with Gasteiger partial charge in [0, 0.05) is 18.3 Å². The highest BCUT2D eigenvalue weighted by atomic mass is 19.1. The maximum Gasteiger partial charge on any atom is 0.126 e. The molecule has 0 aliphatic heterocycles. The fraction of sp³-hybridized carbons (Fsp3) is 0.364. The van der Waals surface area contributed by atoms with Crippen LogP contribution in [-0.4, -0.2) is 12.6 Å². The number of nitrogens with one attached hydrogen (secondary N) is 1. The Bertz CT molecular complexity index is 371. The fourth-order valence-corrected chi connectivity index (χ4v) is 1.15. The number of hydrogen-bond donors (Lipinski definition) is 2. The molecule has 0 fully saturated rings. The van der Waals surface area contributed by atoms with Gasteiger partial charge >= 0.3 is 0 Å². The summed E-state index contributed by atoms with van der Waals surface area (Å²) < 4.78 is 13.0. The lowest BCUT2D eigenvalue weighted by molar-refractivity contribution is 0.627. The number of hydrogen-bond acceptors (Lipinski definition) is 3. The molecule has 1 atom stereocenters. The van der Waals surface area contributed by atoms with Crippen molar-refractivity contribution in [3.8, 4) is 6.07 Å². The number of nitriles is 1. The first kappa shape index (κ1) is 11.5. The predicted octanol–water partition coefficient (Wildman–Crippen LogP) is 1.85. The second kappa shape index (κ2) is 5.32. The van der Waals surface area contributed by atoms with Gasteiger partial charge in [-0.25, -0.2) is 4.39 Å². The maximum atomic E-state index is 13.0. The molecule has 0 bridgehead atoms. The van der Waals surface area contributed by atoms with Gasteiger partial charge in [-0.2, -0.15) is 5.26 Å². The number of nitrogens with two attached hydrogens (primary N) is 1. The summed E-state index contributed by atoms with van der Waals surface area (Å²) in [5.74, 6) is -0.415. The second-order valence-electron chi connectivity index (χ2n) is 3.39. The summed E-state index contributed by atoms with van der Waals surface area (Å²) in [6.07, 6.45) is 0.855. The van der Waals surface area contributed by atoms with Gasteiger partial charge in [-0.15, -0.1) is 0 Å². The highest BCUT2D eigenvalue weighted by molar-refractivity contribution is 5.49. The van der Waals surface area contributed by atoms with Crippen LogP contribution in [0.15, 0.2) is 18.2 Å². The average Bonchev–Trinajstić information content (AvgIpc) is 2.25. The highest BCUT2D eigenvalue weighted by Gasteiger charge is 2.02. The molecule has 0 aromatic heterocycles. The smallest absolute Gasteiger partial charge is 0.126 e. The van der Waals surface area contributed by atoms with Crippen LogP contribution in [0.25, 0.3) is 0 Å². The van der Waals surface area contributed by atoms with Crippen LogP contribution >= 0.6 is 0 Å². The van der Waals surface area contributed by atoms with Gasteiger partial charge in [0.05, 0.1) is 11.6 Å². The van der Waals surface area contributed by atoms with Crippen molar-refractivity contribution >= 4 is 5.69 Å². The Morgan fingerprint density at radius 3 is 2.87 bits per heavy atom. The minimum absolute atomic E-state index is 0.0406. The Hall–Kier alpha value is -1.60. The van der Waals surface area contributed by atoms with Crippen LogP contribution in [0.3, 0.4) is 0 Å². The van der Waals surface area contributed by atoms with Crippen molar-refractivity contribution in [1.29, 1.82) is 5.26 Å². The molecular weight excluding hydrogens is 193 g/mol. The highest BCUT2D eigenvalue weighted by Crippen LogP contribution is 2.13. The van der Waals surface area contributed by atoms with Crippen molar-refractivity contribution in [1.82, 2.24) is 0 Å². The molecule has 0 radical (unpaired) electrons. The van der Waals surface area contributed by atoms with E-state index in [-0.39, 0.29) is 6.04 Å². The third kappa shape index (κ3) is 3.56. The normalized spacial score (nSPS) is 11.9. The van der Waals surface area contributed by atoms with Gasteiger partial charge in [0.1, 0.15) is 5.82 Å². The zero-order chi connectivity index (χ0) is 11.3. The Kier molecular flexibility index (Phi) is 4.07. The van der Waals surface area contributed by atoms with Crippen LogP contribution in [0.1, 0.15) is 18.9 Å². The average molecular weight is 207 g/mol. The molecule has 1 aromatic rings. The SMILES string of the molecule is CCC(N)CNc1cc(F)cc(C#N)c1. The Morgan fingerprint density at radius 2 is 2.27 bits per heavy atom. The van der Waals surface area contributed by atoms with Gasteiger partial charge in [0.15, 0.2) is 0 Å². The largest absolute Gasteiger partial charge is 0.383 e. The van der Waals surface area contributed by atoms with Gasteiger partial charge in [0.25, 0.3) is 0 Å². The number of anilines is 1. The number of benzene rings is 1. The van der Waals surface area contributed by atoms with E-state index < -0.39 is 5.82 Å². The Morgan fingerprint density at radius 1 is 1.53 bits per heavy atom. The van der Waals surface area contributed by atoms with E-state index >= 15 is 0 Å². The van der Waals surface area contributed by atoms with E-state index in [4.69, 9.17) is 11.0 Å². The molecule has 0 heterocycles. The zero-order valence-corrected chi connectivity index (χ0v) is 8.63. The summed E-state index contributed by atoms with van der Waals surface area (Å²) in [6.45, 7) is 2.56. The van der Waals surface area contributed by atoms with E-state index in [0.717, 1.165) is 6.42 Å². The monoisotopic (exact) mass is 207 g/mol. The Labute approximate surface area is 88.7 Å². The van der Waals surface area contributed by atoms with E-state index in [1.807, 2.05) is 13.0 Å². The van der Waals surface area contributed by atoms with E-state index in [0.29, 0.717) is 17.8 Å². The lowest BCUT2D eigenvalue weighted by Crippen LogP contribution is -2.28. The maximum absolute atomic E-state index is 13.0. The minimum Gasteiger partial charge on any atom is -0.383 e. The quantitative estimate of drug-likeness (QED) is 0.792. The Balaban J connectivity index is 2.69. The van der Waals surface area contributed by atoms with Gasteiger partial charge in [-0.05, 0) is 24.6 Å². The van der Waals surface area contributed by atoms with Crippen LogP contribution in [-0.2, 0) is 0 Å². The van der Waals surface area contributed by atoms with Gasteiger partial charge < -0.3 is 11.1 Å². The van der Waals surface area contributed by atoms with Gasteiger partial charge in [-0.1, -0.05) is 6.92 Å². The van der Waals surface area contributed by atoms with Crippen molar-refractivity contribution < 1.29 is 4.39 Å². The molecular formula is C11H14FN3. The van der Waals surface area contributed by atoms with Crippen LogP contribution < -0.4 is 11.1 Å². The molecule has 4 heteroatoms. The van der Waals surface area contributed by atoms with Crippen LogP contribution in [0.4, 0.5) is 10.1 Å². The molecule has 0 aliphatic rings. The first-order valence-corrected chi connectivity index (χ1v) is 4.86. The summed E-state index contributed by atoms with van der Waals surface area (Å²) in [5.41, 5.74) is 6.61. The first-order chi connectivity index (χ1) is 7.15. The summed E-state index contributed by atoms with van der Waals surface area (Å²) >= 11 is 0. The number of nitrogens with zero attached hydrogens (tertiary/aromatic N) is 1. The third-order valence-electron chi connectivity index (χ3n) is 2.12. The summed E-state index contributed by atoms with van der Waals surface area (Å²) in [4.78, 5) is 0. The van der Waals surface area contributed by atoms with Gasteiger partial charge in [0.2, 0.25) is 0 Å².